The van der Waals surface area contributed by atoms with Crippen LogP contribution >= 0.6 is 12.2 Å². The molecule has 0 saturated heterocycles. The summed E-state index contributed by atoms with van der Waals surface area (Å²) in [5, 5.41) is 2.64. The number of hydrogen-bond donors (Lipinski definition) is 2. The van der Waals surface area contributed by atoms with Crippen molar-refractivity contribution in [3.63, 3.8) is 0 Å². The van der Waals surface area contributed by atoms with E-state index in [2.05, 4.69) is 17.5 Å². The highest BCUT2D eigenvalue weighted by atomic mass is 32.1. The molecule has 0 fully saturated rings. The van der Waals surface area contributed by atoms with Crippen LogP contribution in [0, 0.1) is 6.92 Å². The van der Waals surface area contributed by atoms with E-state index in [1.54, 1.807) is 0 Å². The maximum absolute atomic E-state index is 11.4. The molecule has 1 rings (SSSR count). The third-order valence-corrected chi connectivity index (χ3v) is 2.05. The first-order valence-corrected chi connectivity index (χ1v) is 5.09. The Morgan fingerprint density at radius 3 is 2.87 bits per heavy atom. The highest BCUT2D eigenvalue weighted by molar-refractivity contribution is 7.80. The molecule has 0 aliphatic carbocycles. The third kappa shape index (κ3) is 4.56. The van der Waals surface area contributed by atoms with Crippen molar-refractivity contribution in [3.05, 3.63) is 35.4 Å². The molecule has 0 unspecified atom stereocenters. The van der Waals surface area contributed by atoms with Crippen LogP contribution in [0.4, 0.5) is 0 Å². The van der Waals surface area contributed by atoms with Gasteiger partial charge >= 0.3 is 0 Å². The second-order valence-electron chi connectivity index (χ2n) is 3.41. The minimum absolute atomic E-state index is 0.0617. The average Bonchev–Trinajstić information content (AvgIpc) is 2.15. The van der Waals surface area contributed by atoms with E-state index in [4.69, 9.17) is 5.73 Å². The average molecular weight is 222 g/mol. The summed E-state index contributed by atoms with van der Waals surface area (Å²) in [5.41, 5.74) is 7.42. The molecule has 0 heterocycles. The number of nitrogens with one attached hydrogen (secondary N) is 1. The molecule has 0 saturated carbocycles. The zero-order valence-electron chi connectivity index (χ0n) is 8.62. The lowest BCUT2D eigenvalue weighted by molar-refractivity contribution is -0.120. The SMILES string of the molecule is Cc1cccc(CC(=O)NCC(N)=S)c1. The highest BCUT2D eigenvalue weighted by Crippen LogP contribution is 2.04. The Morgan fingerprint density at radius 1 is 1.53 bits per heavy atom. The van der Waals surface area contributed by atoms with Crippen LogP contribution in [0.1, 0.15) is 11.1 Å². The molecule has 1 amide bonds. The van der Waals surface area contributed by atoms with Crippen molar-refractivity contribution < 1.29 is 4.79 Å². The summed E-state index contributed by atoms with van der Waals surface area (Å²) in [7, 11) is 0. The van der Waals surface area contributed by atoms with Crippen LogP contribution < -0.4 is 11.1 Å². The molecular formula is C11H14N2OS. The first kappa shape index (κ1) is 11.7. The molecule has 0 atom stereocenters. The van der Waals surface area contributed by atoms with Gasteiger partial charge in [0.1, 0.15) is 0 Å². The molecule has 0 bridgehead atoms. The minimum atomic E-state index is -0.0617. The Bertz CT molecular complexity index is 377. The molecule has 1 aromatic rings. The van der Waals surface area contributed by atoms with Gasteiger partial charge in [0.05, 0.1) is 18.0 Å². The maximum atomic E-state index is 11.4. The van der Waals surface area contributed by atoms with Gasteiger partial charge in [-0.25, -0.2) is 0 Å². The lowest BCUT2D eigenvalue weighted by Gasteiger charge is -2.04. The number of benzene rings is 1. The van der Waals surface area contributed by atoms with Crippen LogP contribution in [-0.2, 0) is 11.2 Å². The van der Waals surface area contributed by atoms with Crippen molar-refractivity contribution >= 4 is 23.1 Å². The molecule has 0 radical (unpaired) electrons. The summed E-state index contributed by atoms with van der Waals surface area (Å²) < 4.78 is 0. The van der Waals surface area contributed by atoms with Crippen molar-refractivity contribution in [1.82, 2.24) is 5.32 Å². The van der Waals surface area contributed by atoms with Crippen molar-refractivity contribution in [2.45, 2.75) is 13.3 Å². The molecule has 0 aliphatic rings. The Labute approximate surface area is 94.7 Å². The van der Waals surface area contributed by atoms with Crippen molar-refractivity contribution in [3.8, 4) is 0 Å². The first-order chi connectivity index (χ1) is 7.08. The monoisotopic (exact) mass is 222 g/mol. The Kier molecular flexibility index (Phi) is 4.24. The number of hydrogen-bond acceptors (Lipinski definition) is 2. The third-order valence-electron chi connectivity index (χ3n) is 1.91. The van der Waals surface area contributed by atoms with Gasteiger partial charge < -0.3 is 11.1 Å². The molecule has 0 spiro atoms. The van der Waals surface area contributed by atoms with Crippen LogP contribution in [0.2, 0.25) is 0 Å². The first-order valence-electron chi connectivity index (χ1n) is 4.68. The molecule has 0 aromatic heterocycles. The quantitative estimate of drug-likeness (QED) is 0.745. The van der Waals surface area contributed by atoms with Gasteiger partial charge in [-0.1, -0.05) is 42.0 Å². The Hall–Kier alpha value is -1.42. The van der Waals surface area contributed by atoms with Gasteiger partial charge in [0.15, 0.2) is 0 Å². The highest BCUT2D eigenvalue weighted by Gasteiger charge is 2.02. The molecule has 80 valence electrons. The maximum Gasteiger partial charge on any atom is 0.224 e. The number of aryl methyl sites for hydroxylation is 1. The van der Waals surface area contributed by atoms with Gasteiger partial charge in [0.2, 0.25) is 5.91 Å². The summed E-state index contributed by atoms with van der Waals surface area (Å²) in [5.74, 6) is -0.0617. The molecule has 0 aliphatic heterocycles. The number of nitrogens with two attached hydrogens (primary N) is 1. The fraction of sp³-hybridized carbons (Fsp3) is 0.273. The van der Waals surface area contributed by atoms with Gasteiger partial charge in [-0.15, -0.1) is 0 Å². The Morgan fingerprint density at radius 2 is 2.27 bits per heavy atom. The van der Waals surface area contributed by atoms with Gasteiger partial charge in [-0.2, -0.15) is 0 Å². The normalized spacial score (nSPS) is 9.67. The predicted molar refractivity (Wildman–Crippen MR) is 64.7 cm³/mol. The van der Waals surface area contributed by atoms with E-state index in [-0.39, 0.29) is 12.5 Å². The zero-order chi connectivity index (χ0) is 11.3. The smallest absolute Gasteiger partial charge is 0.224 e. The summed E-state index contributed by atoms with van der Waals surface area (Å²) in [6, 6.07) is 7.84. The standard InChI is InChI=1S/C11H14N2OS/c1-8-3-2-4-9(5-8)6-11(14)13-7-10(12)15/h2-5H,6-7H2,1H3,(H2,12,15)(H,13,14). The lowest BCUT2D eigenvalue weighted by Crippen LogP contribution is -2.33. The van der Waals surface area contributed by atoms with Crippen LogP contribution in [0.3, 0.4) is 0 Å². The van der Waals surface area contributed by atoms with Crippen molar-refractivity contribution in [1.29, 1.82) is 0 Å². The van der Waals surface area contributed by atoms with Gasteiger partial charge in [0, 0.05) is 0 Å². The molecular weight excluding hydrogens is 208 g/mol. The number of carbonyl (C=O) groups excluding carboxylic acids is 1. The number of thiocarbonyl (C=S) groups is 1. The van der Waals surface area contributed by atoms with Crippen LogP contribution in [0.15, 0.2) is 24.3 Å². The van der Waals surface area contributed by atoms with E-state index in [0.717, 1.165) is 11.1 Å². The number of carbonyl (C=O) groups is 1. The van der Waals surface area contributed by atoms with E-state index >= 15 is 0 Å². The molecule has 3 nitrogen and oxygen atoms in total. The number of rotatable bonds is 4. The summed E-state index contributed by atoms with van der Waals surface area (Å²) in [6.07, 6.45) is 0.365. The second kappa shape index (κ2) is 5.46. The molecule has 3 N–H and O–H groups in total. The van der Waals surface area contributed by atoms with E-state index in [1.807, 2.05) is 31.2 Å². The molecule has 1 aromatic carbocycles. The van der Waals surface area contributed by atoms with Gasteiger partial charge in [-0.3, -0.25) is 4.79 Å². The largest absolute Gasteiger partial charge is 0.392 e. The fourth-order valence-corrected chi connectivity index (χ4v) is 1.33. The van der Waals surface area contributed by atoms with E-state index in [0.29, 0.717) is 11.4 Å². The number of amides is 1. The minimum Gasteiger partial charge on any atom is -0.392 e. The summed E-state index contributed by atoms with van der Waals surface area (Å²) in [4.78, 5) is 11.7. The van der Waals surface area contributed by atoms with Gasteiger partial charge in [0.25, 0.3) is 0 Å². The van der Waals surface area contributed by atoms with Crippen molar-refractivity contribution in [2.24, 2.45) is 5.73 Å². The van der Waals surface area contributed by atoms with E-state index < -0.39 is 0 Å². The van der Waals surface area contributed by atoms with E-state index in [1.165, 1.54) is 0 Å². The van der Waals surface area contributed by atoms with Gasteiger partial charge in [-0.05, 0) is 12.5 Å². The van der Waals surface area contributed by atoms with Crippen LogP contribution in [0.25, 0.3) is 0 Å². The van der Waals surface area contributed by atoms with Crippen molar-refractivity contribution in [2.75, 3.05) is 6.54 Å². The Balaban J connectivity index is 2.48. The summed E-state index contributed by atoms with van der Waals surface area (Å²) in [6.45, 7) is 2.26. The molecule has 4 heteroatoms. The van der Waals surface area contributed by atoms with E-state index in [9.17, 15) is 4.79 Å². The van der Waals surface area contributed by atoms with Crippen LogP contribution in [-0.4, -0.2) is 17.4 Å². The second-order valence-corrected chi connectivity index (χ2v) is 3.93. The lowest BCUT2D eigenvalue weighted by atomic mass is 10.1. The summed E-state index contributed by atoms with van der Waals surface area (Å²) >= 11 is 4.66. The fourth-order valence-electron chi connectivity index (χ4n) is 1.26. The topological polar surface area (TPSA) is 55.1 Å². The zero-order valence-corrected chi connectivity index (χ0v) is 9.43. The predicted octanol–water partition coefficient (Wildman–Crippen LogP) is 0.940. The van der Waals surface area contributed by atoms with Crippen LogP contribution in [0.5, 0.6) is 0 Å². The molecule has 15 heavy (non-hydrogen) atoms.